The topological polar surface area (TPSA) is 29.3 Å². The molecular weight excluding hydrogens is 251 g/mol. The fraction of sp³-hybridized carbons (Fsp3) is 0.647. The molecule has 3 rings (SSSR count). The van der Waals surface area contributed by atoms with Gasteiger partial charge >= 0.3 is 0 Å². The molecule has 110 valence electrons. The molecule has 20 heavy (non-hydrogen) atoms. The summed E-state index contributed by atoms with van der Waals surface area (Å²) in [4.78, 5) is 2.09. The third-order valence-corrected chi connectivity index (χ3v) is 5.30. The largest absolute Gasteiger partial charge is 0.372 e. The van der Waals surface area contributed by atoms with Crippen LogP contribution in [0.4, 0.5) is 10.1 Å². The van der Waals surface area contributed by atoms with Crippen LogP contribution in [-0.2, 0) is 0 Å². The highest BCUT2D eigenvalue weighted by Crippen LogP contribution is 2.48. The Kier molecular flexibility index (Phi) is 3.72. The van der Waals surface area contributed by atoms with Gasteiger partial charge in [0.2, 0.25) is 0 Å². The van der Waals surface area contributed by atoms with Gasteiger partial charge in [0.15, 0.2) is 0 Å². The van der Waals surface area contributed by atoms with Gasteiger partial charge in [0.25, 0.3) is 0 Å². The van der Waals surface area contributed by atoms with E-state index in [9.17, 15) is 4.39 Å². The van der Waals surface area contributed by atoms with E-state index < -0.39 is 0 Å². The molecule has 1 aromatic carbocycles. The first-order chi connectivity index (χ1) is 9.54. The molecule has 0 amide bonds. The van der Waals surface area contributed by atoms with Crippen molar-refractivity contribution in [2.45, 2.75) is 38.6 Å². The van der Waals surface area contributed by atoms with E-state index in [1.165, 1.54) is 25.7 Å². The van der Waals surface area contributed by atoms with E-state index in [-0.39, 0.29) is 11.9 Å². The Balaban J connectivity index is 1.69. The van der Waals surface area contributed by atoms with Crippen LogP contribution >= 0.6 is 0 Å². The third-order valence-electron chi connectivity index (χ3n) is 5.30. The second-order valence-electron chi connectivity index (χ2n) is 6.81. The zero-order valence-corrected chi connectivity index (χ0v) is 12.5. The average Bonchev–Trinajstić information content (AvgIpc) is 3.00. The van der Waals surface area contributed by atoms with Crippen molar-refractivity contribution >= 4 is 5.69 Å². The highest BCUT2D eigenvalue weighted by atomic mass is 19.1. The number of halogens is 1. The van der Waals surface area contributed by atoms with Crippen molar-refractivity contribution in [2.24, 2.45) is 23.5 Å². The van der Waals surface area contributed by atoms with Crippen LogP contribution in [-0.4, -0.2) is 13.6 Å². The number of rotatable bonds is 4. The summed E-state index contributed by atoms with van der Waals surface area (Å²) in [6, 6.07) is 5.29. The number of hydrogen-bond donors (Lipinski definition) is 1. The van der Waals surface area contributed by atoms with Gasteiger partial charge in [-0.3, -0.25) is 0 Å². The summed E-state index contributed by atoms with van der Waals surface area (Å²) in [6.45, 7) is 2.86. The summed E-state index contributed by atoms with van der Waals surface area (Å²) in [7, 11) is 2.01. The average molecular weight is 276 g/mol. The summed E-state index contributed by atoms with van der Waals surface area (Å²) in [5.41, 5.74) is 7.37. The van der Waals surface area contributed by atoms with E-state index in [0.29, 0.717) is 5.69 Å². The smallest absolute Gasteiger partial charge is 0.146 e. The fourth-order valence-corrected chi connectivity index (χ4v) is 4.17. The molecule has 2 aliphatic carbocycles. The molecule has 4 atom stereocenters. The van der Waals surface area contributed by atoms with Crippen molar-refractivity contribution < 1.29 is 4.39 Å². The maximum atomic E-state index is 14.2. The van der Waals surface area contributed by atoms with Crippen molar-refractivity contribution in [3.63, 3.8) is 0 Å². The Morgan fingerprint density at radius 1 is 1.35 bits per heavy atom. The first kappa shape index (κ1) is 13.9. The summed E-state index contributed by atoms with van der Waals surface area (Å²) in [5.74, 6) is 2.44. The molecule has 2 fully saturated rings. The second-order valence-corrected chi connectivity index (χ2v) is 6.81. The van der Waals surface area contributed by atoms with Crippen LogP contribution in [0.3, 0.4) is 0 Å². The Morgan fingerprint density at radius 3 is 2.70 bits per heavy atom. The summed E-state index contributed by atoms with van der Waals surface area (Å²) < 4.78 is 14.2. The Labute approximate surface area is 121 Å². The molecule has 2 nitrogen and oxygen atoms in total. The van der Waals surface area contributed by atoms with Gasteiger partial charge < -0.3 is 10.6 Å². The molecule has 2 saturated carbocycles. The van der Waals surface area contributed by atoms with E-state index in [4.69, 9.17) is 5.73 Å². The number of nitrogens with two attached hydrogens (primary N) is 1. The molecule has 0 spiro atoms. The second kappa shape index (κ2) is 5.36. The van der Waals surface area contributed by atoms with Crippen molar-refractivity contribution in [3.05, 3.63) is 29.6 Å². The third kappa shape index (κ3) is 2.56. The lowest BCUT2D eigenvalue weighted by Gasteiger charge is -2.29. The van der Waals surface area contributed by atoms with E-state index in [0.717, 1.165) is 29.9 Å². The van der Waals surface area contributed by atoms with E-state index in [1.807, 2.05) is 26.1 Å². The summed E-state index contributed by atoms with van der Waals surface area (Å²) >= 11 is 0. The predicted molar refractivity (Wildman–Crippen MR) is 81.2 cm³/mol. The first-order valence-electron chi connectivity index (χ1n) is 7.80. The molecule has 2 bridgehead atoms. The minimum absolute atomic E-state index is 0.116. The number of anilines is 1. The van der Waals surface area contributed by atoms with Gasteiger partial charge in [-0.25, -0.2) is 4.39 Å². The number of benzene rings is 1. The van der Waals surface area contributed by atoms with Crippen LogP contribution in [0.2, 0.25) is 0 Å². The molecule has 2 N–H and O–H groups in total. The summed E-state index contributed by atoms with van der Waals surface area (Å²) in [5, 5.41) is 0. The zero-order valence-electron chi connectivity index (χ0n) is 12.5. The molecular formula is C17H25FN2. The highest BCUT2D eigenvalue weighted by molar-refractivity contribution is 5.49. The van der Waals surface area contributed by atoms with Gasteiger partial charge in [0, 0.05) is 19.6 Å². The van der Waals surface area contributed by atoms with Crippen LogP contribution in [0.5, 0.6) is 0 Å². The monoisotopic (exact) mass is 276 g/mol. The lowest BCUT2D eigenvalue weighted by Crippen LogP contribution is -2.29. The SMILES string of the molecule is C[C@@H](N)c1ccc(N(C)CC2CC3CCC2C3)c(F)c1. The maximum absolute atomic E-state index is 14.2. The lowest BCUT2D eigenvalue weighted by molar-refractivity contribution is 0.337. The Bertz CT molecular complexity index is 486. The summed E-state index contributed by atoms with van der Waals surface area (Å²) in [6.07, 6.45) is 5.55. The number of nitrogens with zero attached hydrogens (tertiary/aromatic N) is 1. The number of hydrogen-bond acceptors (Lipinski definition) is 2. The van der Waals surface area contributed by atoms with Crippen LogP contribution in [0.15, 0.2) is 18.2 Å². The minimum atomic E-state index is -0.148. The molecule has 0 saturated heterocycles. The molecule has 1 aromatic rings. The molecule has 0 aliphatic heterocycles. The van der Waals surface area contributed by atoms with Gasteiger partial charge in [-0.2, -0.15) is 0 Å². The highest BCUT2D eigenvalue weighted by Gasteiger charge is 2.39. The Hall–Kier alpha value is -1.09. The Morgan fingerprint density at radius 2 is 2.15 bits per heavy atom. The molecule has 0 heterocycles. The van der Waals surface area contributed by atoms with Gasteiger partial charge in [0.05, 0.1) is 5.69 Å². The zero-order chi connectivity index (χ0) is 14.3. The van der Waals surface area contributed by atoms with E-state index >= 15 is 0 Å². The predicted octanol–water partition coefficient (Wildman–Crippen LogP) is 3.72. The van der Waals surface area contributed by atoms with Crippen molar-refractivity contribution in [1.29, 1.82) is 0 Å². The van der Waals surface area contributed by atoms with E-state index in [2.05, 4.69) is 4.90 Å². The maximum Gasteiger partial charge on any atom is 0.146 e. The van der Waals surface area contributed by atoms with Crippen LogP contribution in [0, 0.1) is 23.6 Å². The van der Waals surface area contributed by atoms with Gasteiger partial charge in [0.1, 0.15) is 5.82 Å². The van der Waals surface area contributed by atoms with Crippen molar-refractivity contribution in [3.8, 4) is 0 Å². The van der Waals surface area contributed by atoms with Gasteiger partial charge in [-0.1, -0.05) is 12.5 Å². The molecule has 3 heteroatoms. The lowest BCUT2D eigenvalue weighted by atomic mass is 9.88. The van der Waals surface area contributed by atoms with Crippen LogP contribution in [0.1, 0.15) is 44.2 Å². The molecule has 3 unspecified atom stereocenters. The van der Waals surface area contributed by atoms with Crippen LogP contribution in [0.25, 0.3) is 0 Å². The molecule has 0 aromatic heterocycles. The molecule has 0 radical (unpaired) electrons. The van der Waals surface area contributed by atoms with Crippen molar-refractivity contribution in [1.82, 2.24) is 0 Å². The van der Waals surface area contributed by atoms with Gasteiger partial charge in [-0.05, 0) is 61.6 Å². The fourth-order valence-electron chi connectivity index (χ4n) is 4.17. The number of fused-ring (bicyclic) bond motifs is 2. The first-order valence-corrected chi connectivity index (χ1v) is 7.80. The van der Waals surface area contributed by atoms with Crippen LogP contribution < -0.4 is 10.6 Å². The quantitative estimate of drug-likeness (QED) is 0.908. The molecule has 2 aliphatic rings. The minimum Gasteiger partial charge on any atom is -0.372 e. The van der Waals surface area contributed by atoms with Gasteiger partial charge in [-0.15, -0.1) is 0 Å². The van der Waals surface area contributed by atoms with Crippen molar-refractivity contribution in [2.75, 3.05) is 18.5 Å². The van der Waals surface area contributed by atoms with E-state index in [1.54, 1.807) is 6.07 Å². The standard InChI is InChI=1S/C17H25FN2/c1-11(19)13-5-6-17(16(18)9-13)20(2)10-15-8-12-3-4-14(15)7-12/h5-6,9,11-12,14-15H,3-4,7-8,10,19H2,1-2H3/t11-,12?,14?,15?/m1/s1. The normalized spacial score (nSPS) is 29.7.